The molecule has 2 rings (SSSR count). The molecule has 0 aliphatic heterocycles. The first-order valence-electron chi connectivity index (χ1n) is 5.24. The molecule has 0 aliphatic rings. The molecule has 0 bridgehead atoms. The Bertz CT molecular complexity index is 600. The molecule has 5 nitrogen and oxygen atoms in total. The van der Waals surface area contributed by atoms with Gasteiger partial charge in [0.1, 0.15) is 6.54 Å². The number of hydrogen-bond acceptors (Lipinski definition) is 5. The first-order chi connectivity index (χ1) is 8.26. The van der Waals surface area contributed by atoms with Crippen LogP contribution in [-0.4, -0.2) is 17.1 Å². The average molecular weight is 251 g/mol. The number of hydrazone groups is 1. The number of thiazole rings is 1. The predicted octanol–water partition coefficient (Wildman–Crippen LogP) is 1.37. The molecule has 0 unspecified atom stereocenters. The van der Waals surface area contributed by atoms with Crippen LogP contribution >= 0.6 is 11.3 Å². The van der Waals surface area contributed by atoms with E-state index in [0.29, 0.717) is 12.5 Å². The van der Waals surface area contributed by atoms with Crippen molar-refractivity contribution in [1.82, 2.24) is 4.57 Å². The van der Waals surface area contributed by atoms with Crippen LogP contribution in [0.3, 0.4) is 0 Å². The van der Waals surface area contributed by atoms with Crippen LogP contribution in [0.5, 0.6) is 0 Å². The summed E-state index contributed by atoms with van der Waals surface area (Å²) < 4.78 is 7.80. The van der Waals surface area contributed by atoms with Crippen LogP contribution in [0.25, 0.3) is 10.2 Å². The fraction of sp³-hybridized carbons (Fsp3) is 0.273. The zero-order chi connectivity index (χ0) is 12.3. The highest BCUT2D eigenvalue weighted by Crippen LogP contribution is 2.16. The summed E-state index contributed by atoms with van der Waals surface area (Å²) in [6.45, 7) is 2.60. The molecule has 2 N–H and O–H groups in total. The van der Waals surface area contributed by atoms with Crippen molar-refractivity contribution in [2.24, 2.45) is 10.9 Å². The Morgan fingerprint density at radius 1 is 1.53 bits per heavy atom. The third-order valence-corrected chi connectivity index (χ3v) is 3.28. The summed E-state index contributed by atoms with van der Waals surface area (Å²) in [6, 6.07) is 7.61. The minimum atomic E-state index is -0.0351. The standard InChI is InChI=1S/C11H13N3O2S/c1-2-16-10(13-12)7-14-8-5-3-4-6-9(8)17-11(14)15/h3-6H,2,7,12H2,1H3. The maximum atomic E-state index is 11.8. The normalized spacial score (nSPS) is 11.9. The Labute approximate surface area is 102 Å². The fourth-order valence-electron chi connectivity index (χ4n) is 1.59. The van der Waals surface area contributed by atoms with E-state index in [1.165, 1.54) is 11.3 Å². The molecule has 6 heteroatoms. The van der Waals surface area contributed by atoms with Crippen molar-refractivity contribution in [1.29, 1.82) is 0 Å². The second-order valence-corrected chi connectivity index (χ2v) is 4.37. The highest BCUT2D eigenvalue weighted by Gasteiger charge is 2.09. The van der Waals surface area contributed by atoms with E-state index in [1.54, 1.807) is 4.57 Å². The SMILES string of the molecule is CCOC(Cn1c(=O)sc2ccccc21)=NN. The third kappa shape index (κ3) is 2.31. The number of nitrogens with zero attached hydrogens (tertiary/aromatic N) is 2. The quantitative estimate of drug-likeness (QED) is 0.388. The largest absolute Gasteiger partial charge is 0.479 e. The van der Waals surface area contributed by atoms with Crippen LogP contribution in [-0.2, 0) is 11.3 Å². The van der Waals surface area contributed by atoms with Crippen LogP contribution in [0.15, 0.2) is 34.2 Å². The van der Waals surface area contributed by atoms with Crippen molar-refractivity contribution >= 4 is 27.5 Å². The summed E-state index contributed by atoms with van der Waals surface area (Å²) in [5, 5.41) is 3.54. The molecule has 0 saturated heterocycles. The van der Waals surface area contributed by atoms with Crippen LogP contribution in [0, 0.1) is 0 Å². The van der Waals surface area contributed by atoms with Crippen LogP contribution in [0.2, 0.25) is 0 Å². The number of fused-ring (bicyclic) bond motifs is 1. The van der Waals surface area contributed by atoms with Crippen LogP contribution in [0.4, 0.5) is 0 Å². The Hall–Kier alpha value is -1.82. The van der Waals surface area contributed by atoms with Gasteiger partial charge in [-0.3, -0.25) is 9.36 Å². The lowest BCUT2D eigenvalue weighted by molar-refractivity contribution is 0.312. The van der Waals surface area contributed by atoms with E-state index in [2.05, 4.69) is 5.10 Å². The van der Waals surface area contributed by atoms with E-state index >= 15 is 0 Å². The maximum absolute atomic E-state index is 11.8. The second-order valence-electron chi connectivity index (χ2n) is 3.38. The van der Waals surface area contributed by atoms with E-state index in [-0.39, 0.29) is 11.4 Å². The monoisotopic (exact) mass is 251 g/mol. The molecular formula is C11H13N3O2S. The third-order valence-electron chi connectivity index (χ3n) is 2.32. The number of ether oxygens (including phenoxy) is 1. The topological polar surface area (TPSA) is 69.6 Å². The molecule has 0 amide bonds. The van der Waals surface area contributed by atoms with Gasteiger partial charge in [0.15, 0.2) is 0 Å². The molecule has 0 radical (unpaired) electrons. The van der Waals surface area contributed by atoms with Gasteiger partial charge in [-0.25, -0.2) is 0 Å². The van der Waals surface area contributed by atoms with E-state index in [0.717, 1.165) is 10.2 Å². The molecule has 0 atom stereocenters. The second kappa shape index (κ2) is 5.01. The van der Waals surface area contributed by atoms with Gasteiger partial charge in [0.2, 0.25) is 5.90 Å². The van der Waals surface area contributed by atoms with E-state index < -0.39 is 0 Å². The molecule has 1 aromatic heterocycles. The van der Waals surface area contributed by atoms with Crippen molar-refractivity contribution in [2.75, 3.05) is 6.61 Å². The zero-order valence-corrected chi connectivity index (χ0v) is 10.2. The lowest BCUT2D eigenvalue weighted by atomic mass is 10.3. The van der Waals surface area contributed by atoms with Gasteiger partial charge in [-0.15, -0.1) is 5.10 Å². The van der Waals surface area contributed by atoms with E-state index in [9.17, 15) is 4.79 Å². The number of para-hydroxylation sites is 1. The smallest absolute Gasteiger partial charge is 0.308 e. The molecule has 0 fully saturated rings. The minimum Gasteiger partial charge on any atom is -0.479 e. The van der Waals surface area contributed by atoms with Gasteiger partial charge in [-0.05, 0) is 19.1 Å². The maximum Gasteiger partial charge on any atom is 0.308 e. The molecule has 17 heavy (non-hydrogen) atoms. The highest BCUT2D eigenvalue weighted by molar-refractivity contribution is 7.16. The summed E-state index contributed by atoms with van der Waals surface area (Å²) in [5.41, 5.74) is 0.878. The Kier molecular flexibility index (Phi) is 3.43. The Morgan fingerprint density at radius 2 is 2.29 bits per heavy atom. The van der Waals surface area contributed by atoms with Crippen molar-refractivity contribution in [3.8, 4) is 0 Å². The number of aromatic nitrogens is 1. The molecule has 90 valence electrons. The number of hydrogen-bond donors (Lipinski definition) is 1. The van der Waals surface area contributed by atoms with Crippen molar-refractivity contribution in [2.45, 2.75) is 13.5 Å². The van der Waals surface area contributed by atoms with Gasteiger partial charge in [0.05, 0.1) is 16.8 Å². The summed E-state index contributed by atoms with van der Waals surface area (Å²) in [5.74, 6) is 5.58. The molecular weight excluding hydrogens is 238 g/mol. The average Bonchev–Trinajstić information content (AvgIpc) is 2.65. The highest BCUT2D eigenvalue weighted by atomic mass is 32.1. The summed E-state index contributed by atoms with van der Waals surface area (Å²) >= 11 is 1.21. The Balaban J connectivity index is 2.42. The van der Waals surface area contributed by atoms with Gasteiger partial charge >= 0.3 is 4.87 Å². The van der Waals surface area contributed by atoms with Gasteiger partial charge < -0.3 is 10.6 Å². The summed E-state index contributed by atoms with van der Waals surface area (Å²) in [6.07, 6.45) is 0. The van der Waals surface area contributed by atoms with Crippen molar-refractivity contribution in [3.05, 3.63) is 33.9 Å². The fourth-order valence-corrected chi connectivity index (χ4v) is 2.48. The first-order valence-corrected chi connectivity index (χ1v) is 6.05. The molecule has 0 aliphatic carbocycles. The van der Waals surface area contributed by atoms with Crippen molar-refractivity contribution < 1.29 is 4.74 Å². The number of rotatable bonds is 3. The van der Waals surface area contributed by atoms with Crippen molar-refractivity contribution in [3.63, 3.8) is 0 Å². The predicted molar refractivity (Wildman–Crippen MR) is 69.3 cm³/mol. The van der Waals surface area contributed by atoms with Crippen LogP contribution in [0.1, 0.15) is 6.92 Å². The molecule has 1 heterocycles. The Morgan fingerprint density at radius 3 is 3.00 bits per heavy atom. The molecule has 1 aromatic carbocycles. The van der Waals surface area contributed by atoms with E-state index in [1.807, 2.05) is 31.2 Å². The zero-order valence-electron chi connectivity index (χ0n) is 9.42. The van der Waals surface area contributed by atoms with E-state index in [4.69, 9.17) is 10.6 Å². The van der Waals surface area contributed by atoms with Gasteiger partial charge in [-0.2, -0.15) is 0 Å². The first kappa shape index (κ1) is 11.7. The summed E-state index contributed by atoms with van der Waals surface area (Å²) in [7, 11) is 0. The molecule has 0 saturated carbocycles. The lowest BCUT2D eigenvalue weighted by Gasteiger charge is -2.06. The molecule has 2 aromatic rings. The van der Waals surface area contributed by atoms with Gasteiger partial charge in [0.25, 0.3) is 0 Å². The number of nitrogens with two attached hydrogens (primary N) is 1. The minimum absolute atomic E-state index is 0.0351. The van der Waals surface area contributed by atoms with Crippen LogP contribution < -0.4 is 10.7 Å². The van der Waals surface area contributed by atoms with Gasteiger partial charge in [-0.1, -0.05) is 23.5 Å². The lowest BCUT2D eigenvalue weighted by Crippen LogP contribution is -2.22. The number of benzene rings is 1. The molecule has 0 spiro atoms. The summed E-state index contributed by atoms with van der Waals surface area (Å²) in [4.78, 5) is 11.8. The van der Waals surface area contributed by atoms with Gasteiger partial charge in [0, 0.05) is 0 Å².